The minimum atomic E-state index is -0.232. The summed E-state index contributed by atoms with van der Waals surface area (Å²) in [5.41, 5.74) is 3.44. The lowest BCUT2D eigenvalue weighted by Crippen LogP contribution is -2.70. The molecule has 4 bridgehead atoms. The van der Waals surface area contributed by atoms with Crippen molar-refractivity contribution in [1.29, 1.82) is 5.26 Å². The van der Waals surface area contributed by atoms with Crippen molar-refractivity contribution < 1.29 is 19.4 Å². The Hall–Kier alpha value is -4.73. The van der Waals surface area contributed by atoms with E-state index in [-0.39, 0.29) is 30.1 Å². The van der Waals surface area contributed by atoms with Crippen LogP contribution in [-0.4, -0.2) is 104 Å². The Labute approximate surface area is 260 Å². The van der Waals surface area contributed by atoms with Crippen molar-refractivity contribution in [3.8, 4) is 28.8 Å². The van der Waals surface area contributed by atoms with E-state index in [1.807, 2.05) is 35.5 Å². The number of fused-ring (bicyclic) bond motifs is 5. The molecular formula is C33H34N8O4. The summed E-state index contributed by atoms with van der Waals surface area (Å²) in [6.45, 7) is 2.68. The quantitative estimate of drug-likeness (QED) is 0.319. The molecule has 9 rings (SSSR count). The van der Waals surface area contributed by atoms with Gasteiger partial charge >= 0.3 is 0 Å². The number of carbonyl (C=O) groups is 1. The van der Waals surface area contributed by atoms with E-state index in [0.29, 0.717) is 54.0 Å². The van der Waals surface area contributed by atoms with Crippen LogP contribution in [0.3, 0.4) is 0 Å². The minimum Gasteiger partial charge on any atom is -0.491 e. The summed E-state index contributed by atoms with van der Waals surface area (Å²) >= 11 is 0. The van der Waals surface area contributed by atoms with Gasteiger partial charge in [-0.1, -0.05) is 0 Å². The summed E-state index contributed by atoms with van der Waals surface area (Å²) in [7, 11) is 1.56. The molecule has 0 aromatic carbocycles. The molecule has 0 radical (unpaired) electrons. The van der Waals surface area contributed by atoms with Crippen LogP contribution in [0.15, 0.2) is 55.1 Å². The Morgan fingerprint density at radius 2 is 1.93 bits per heavy atom. The van der Waals surface area contributed by atoms with Crippen molar-refractivity contribution in [3.05, 3.63) is 66.2 Å². The van der Waals surface area contributed by atoms with Gasteiger partial charge in [0.25, 0.3) is 5.91 Å². The van der Waals surface area contributed by atoms with Gasteiger partial charge in [-0.25, -0.2) is 14.5 Å². The predicted molar refractivity (Wildman–Crippen MR) is 164 cm³/mol. The summed E-state index contributed by atoms with van der Waals surface area (Å²) < 4.78 is 13.0. The Bertz CT molecular complexity index is 1770. The molecule has 1 N–H and O–H groups in total. The van der Waals surface area contributed by atoms with E-state index in [9.17, 15) is 15.2 Å². The molecule has 230 valence electrons. The Kier molecular flexibility index (Phi) is 6.80. The first-order valence-corrected chi connectivity index (χ1v) is 15.5. The Morgan fingerprint density at radius 1 is 1.07 bits per heavy atom. The van der Waals surface area contributed by atoms with Crippen molar-refractivity contribution in [2.45, 2.75) is 56.0 Å². The molecule has 5 aliphatic heterocycles. The first-order valence-electron chi connectivity index (χ1n) is 15.5. The number of aliphatic hydroxyl groups excluding tert-OH is 1. The number of piperazine rings is 1. The maximum absolute atomic E-state index is 13.2. The Balaban J connectivity index is 0.974. The monoisotopic (exact) mass is 606 g/mol. The average Bonchev–Trinajstić information content (AvgIpc) is 3.76. The number of piperidine rings is 1. The standard InChI is InChI=1S/C33H34N8O4/c1-44-31-7-3-21(15-36-31)33(43)41-24-10-25(41)18-38(17-24)30-6-2-20(14-35-30)27-12-26(19-40-32(27)22(13-34)16-37-40)45-9-8-39-23-4-5-28(39)29(42)11-23/h2-3,6-7,12,14-16,19,23-25,28-29,42H,4-5,8-11,17-18H2,1H3. The number of amides is 1. The van der Waals surface area contributed by atoms with Crippen molar-refractivity contribution >= 4 is 17.2 Å². The van der Waals surface area contributed by atoms with Crippen LogP contribution < -0.4 is 14.4 Å². The second-order valence-electron chi connectivity index (χ2n) is 12.4. The number of aliphatic hydroxyl groups is 1. The highest BCUT2D eigenvalue weighted by Crippen LogP contribution is 2.38. The first-order chi connectivity index (χ1) is 22.0. The summed E-state index contributed by atoms with van der Waals surface area (Å²) in [4.78, 5) is 28.8. The van der Waals surface area contributed by atoms with Crippen LogP contribution >= 0.6 is 0 Å². The average molecular weight is 607 g/mol. The fourth-order valence-corrected chi connectivity index (χ4v) is 7.80. The molecule has 12 nitrogen and oxygen atoms in total. The normalized spacial score (nSPS) is 25.3. The zero-order valence-corrected chi connectivity index (χ0v) is 25.0. The number of carbonyl (C=O) groups excluding carboxylic acids is 1. The summed E-state index contributed by atoms with van der Waals surface area (Å²) in [5.74, 6) is 2.00. The number of rotatable bonds is 8. The van der Waals surface area contributed by atoms with Gasteiger partial charge < -0.3 is 24.4 Å². The lowest BCUT2D eigenvalue weighted by Gasteiger charge is -2.56. The van der Waals surface area contributed by atoms with Crippen LogP contribution in [0.2, 0.25) is 0 Å². The van der Waals surface area contributed by atoms with Gasteiger partial charge in [-0.2, -0.15) is 10.4 Å². The van der Waals surface area contributed by atoms with Crippen molar-refractivity contribution in [1.82, 2.24) is 29.4 Å². The van der Waals surface area contributed by atoms with Crippen LogP contribution in [0.25, 0.3) is 16.6 Å². The molecule has 5 saturated heterocycles. The number of pyridine rings is 3. The van der Waals surface area contributed by atoms with Crippen LogP contribution in [-0.2, 0) is 0 Å². The minimum absolute atomic E-state index is 0.0000367. The molecule has 9 heterocycles. The number of methoxy groups -OCH3 is 1. The van der Waals surface area contributed by atoms with Crippen LogP contribution in [0.1, 0.15) is 41.6 Å². The van der Waals surface area contributed by atoms with Gasteiger partial charge in [0, 0.05) is 61.3 Å². The highest BCUT2D eigenvalue weighted by molar-refractivity contribution is 5.95. The lowest BCUT2D eigenvalue weighted by atomic mass is 9.86. The fraction of sp³-hybridized carbons (Fsp3) is 0.424. The van der Waals surface area contributed by atoms with E-state index >= 15 is 0 Å². The van der Waals surface area contributed by atoms with E-state index in [1.165, 1.54) is 0 Å². The number of anilines is 1. The molecule has 0 aliphatic carbocycles. The Morgan fingerprint density at radius 3 is 2.60 bits per heavy atom. The van der Waals surface area contributed by atoms with Crippen LogP contribution in [0.5, 0.6) is 11.6 Å². The van der Waals surface area contributed by atoms with Gasteiger partial charge in [0.1, 0.15) is 24.2 Å². The predicted octanol–water partition coefficient (Wildman–Crippen LogP) is 2.75. The molecule has 45 heavy (non-hydrogen) atoms. The second-order valence-corrected chi connectivity index (χ2v) is 12.4. The SMILES string of the molecule is COc1ccc(C(=O)N2C3CC2CN(c2ccc(-c4cc(OCCN5C6CCC5C(O)C6)cn5ncc(C#N)c45)cn2)C3)cn1. The largest absolute Gasteiger partial charge is 0.491 e. The molecule has 4 aromatic heterocycles. The van der Waals surface area contributed by atoms with E-state index in [2.05, 4.69) is 26.0 Å². The maximum atomic E-state index is 13.2. The van der Waals surface area contributed by atoms with E-state index in [4.69, 9.17) is 14.5 Å². The molecule has 5 atom stereocenters. The molecule has 5 unspecified atom stereocenters. The molecule has 5 aliphatic rings. The van der Waals surface area contributed by atoms with Crippen LogP contribution in [0.4, 0.5) is 5.82 Å². The molecule has 4 aromatic rings. The topological polar surface area (TPSA) is 132 Å². The summed E-state index contributed by atoms with van der Waals surface area (Å²) in [6.07, 6.45) is 10.6. The zero-order chi connectivity index (χ0) is 30.7. The van der Waals surface area contributed by atoms with Gasteiger partial charge in [-0.15, -0.1) is 0 Å². The van der Waals surface area contributed by atoms with Crippen molar-refractivity contribution in [3.63, 3.8) is 0 Å². The van der Waals surface area contributed by atoms with Crippen molar-refractivity contribution in [2.24, 2.45) is 0 Å². The number of ether oxygens (including phenoxy) is 2. The molecular weight excluding hydrogens is 572 g/mol. The number of hydrogen-bond acceptors (Lipinski definition) is 10. The van der Waals surface area contributed by atoms with Gasteiger partial charge in [-0.05, 0) is 49.9 Å². The molecule has 0 saturated carbocycles. The van der Waals surface area contributed by atoms with Crippen molar-refractivity contribution in [2.75, 3.05) is 38.3 Å². The third kappa shape index (κ3) is 4.74. The molecule has 1 amide bonds. The van der Waals surface area contributed by atoms with Gasteiger partial charge in [0.2, 0.25) is 5.88 Å². The van der Waals surface area contributed by atoms with E-state index in [0.717, 1.165) is 49.2 Å². The smallest absolute Gasteiger partial charge is 0.256 e. The zero-order valence-electron chi connectivity index (χ0n) is 25.0. The third-order valence-corrected chi connectivity index (χ3v) is 9.98. The van der Waals surface area contributed by atoms with Crippen LogP contribution in [0, 0.1) is 11.3 Å². The highest BCUT2D eigenvalue weighted by Gasteiger charge is 2.48. The van der Waals surface area contributed by atoms with Gasteiger partial charge in [0.15, 0.2) is 0 Å². The molecule has 12 heteroatoms. The fourth-order valence-electron chi connectivity index (χ4n) is 7.80. The summed E-state index contributed by atoms with van der Waals surface area (Å²) in [6, 6.07) is 12.6. The molecule has 0 spiro atoms. The highest BCUT2D eigenvalue weighted by atomic mass is 16.5. The number of nitrogens with zero attached hydrogens (tertiary/aromatic N) is 8. The third-order valence-electron chi connectivity index (χ3n) is 9.98. The number of nitriles is 1. The number of aromatic nitrogens is 4. The first kappa shape index (κ1) is 27.8. The number of hydrogen-bond donors (Lipinski definition) is 1. The van der Waals surface area contributed by atoms with Gasteiger partial charge in [-0.3, -0.25) is 9.69 Å². The summed E-state index contributed by atoms with van der Waals surface area (Å²) in [5, 5.41) is 24.5. The second kappa shape index (κ2) is 11.0. The lowest BCUT2D eigenvalue weighted by molar-refractivity contribution is 0.00572. The maximum Gasteiger partial charge on any atom is 0.256 e. The van der Waals surface area contributed by atoms with Gasteiger partial charge in [0.05, 0.1) is 54.3 Å². The van der Waals surface area contributed by atoms with E-state index in [1.54, 1.807) is 36.2 Å². The molecule has 5 fully saturated rings. The van der Waals surface area contributed by atoms with E-state index < -0.39 is 0 Å².